The Morgan fingerprint density at radius 3 is 1.69 bits per heavy atom. The highest BCUT2D eigenvalue weighted by atomic mass is 16.5. The molecule has 0 saturated carbocycles. The summed E-state index contributed by atoms with van der Waals surface area (Å²) in [7, 11) is 0. The van der Waals surface area contributed by atoms with Gasteiger partial charge in [-0.05, 0) is 25.0 Å². The van der Waals surface area contributed by atoms with Crippen LogP contribution >= 0.6 is 0 Å². The van der Waals surface area contributed by atoms with Crippen LogP contribution in [0.4, 0.5) is 0 Å². The van der Waals surface area contributed by atoms with Gasteiger partial charge in [-0.2, -0.15) is 0 Å². The van der Waals surface area contributed by atoms with Crippen LogP contribution in [0.15, 0.2) is 17.1 Å². The van der Waals surface area contributed by atoms with Crippen LogP contribution in [-0.2, 0) is 0 Å². The zero-order valence-electron chi connectivity index (χ0n) is 18.4. The van der Waals surface area contributed by atoms with Crippen molar-refractivity contribution in [2.45, 2.75) is 90.9 Å². The number of aliphatic imine (C=N–C) groups is 1. The van der Waals surface area contributed by atoms with Crippen LogP contribution in [0.5, 0.6) is 11.5 Å². The second kappa shape index (κ2) is 13.2. The predicted molar refractivity (Wildman–Crippen MR) is 122 cm³/mol. The molecule has 0 bridgehead atoms. The van der Waals surface area contributed by atoms with E-state index in [4.69, 9.17) is 20.6 Å². The van der Waals surface area contributed by atoms with E-state index in [-0.39, 0.29) is 5.84 Å². The first-order chi connectivity index (χ1) is 14.2. The van der Waals surface area contributed by atoms with Crippen LogP contribution < -0.4 is 15.2 Å². The molecule has 0 radical (unpaired) electrons. The maximum atomic E-state index is 8.02. The summed E-state index contributed by atoms with van der Waals surface area (Å²) in [6.45, 7) is 5.81. The molecule has 0 aromatic heterocycles. The van der Waals surface area contributed by atoms with E-state index in [2.05, 4.69) is 18.8 Å². The van der Waals surface area contributed by atoms with Crippen LogP contribution in [0.2, 0.25) is 0 Å². The summed E-state index contributed by atoms with van der Waals surface area (Å²) in [5.41, 5.74) is 7.48. The third-order valence-corrected chi connectivity index (χ3v) is 5.36. The Morgan fingerprint density at radius 2 is 1.17 bits per heavy atom. The number of nitrogens with zero attached hydrogens (tertiary/aromatic N) is 1. The van der Waals surface area contributed by atoms with Gasteiger partial charge in [-0.3, -0.25) is 5.41 Å². The van der Waals surface area contributed by atoms with Crippen molar-refractivity contribution in [1.29, 1.82) is 5.41 Å². The van der Waals surface area contributed by atoms with Crippen LogP contribution in [0.1, 0.15) is 102 Å². The Labute approximate surface area is 176 Å². The summed E-state index contributed by atoms with van der Waals surface area (Å²) in [5.74, 6) is 2.01. The number of amidine groups is 2. The molecule has 162 valence electrons. The molecule has 3 N–H and O–H groups in total. The van der Waals surface area contributed by atoms with Gasteiger partial charge in [0, 0.05) is 11.1 Å². The van der Waals surface area contributed by atoms with Crippen molar-refractivity contribution >= 4 is 11.7 Å². The number of fused-ring (bicyclic) bond motifs is 1. The molecule has 0 spiro atoms. The summed E-state index contributed by atoms with van der Waals surface area (Å²) in [6, 6.07) is 3.76. The lowest BCUT2D eigenvalue weighted by Gasteiger charge is -2.15. The number of ether oxygens (including phenoxy) is 2. The monoisotopic (exact) mass is 401 g/mol. The maximum absolute atomic E-state index is 8.02. The quantitative estimate of drug-likeness (QED) is 0.323. The summed E-state index contributed by atoms with van der Waals surface area (Å²) in [4.78, 5) is 4.08. The number of hydrogen-bond donors (Lipinski definition) is 2. The van der Waals surface area contributed by atoms with E-state index in [1.54, 1.807) is 0 Å². The number of hydrogen-bond acceptors (Lipinski definition) is 4. The van der Waals surface area contributed by atoms with Crippen molar-refractivity contribution in [3.8, 4) is 11.5 Å². The highest BCUT2D eigenvalue weighted by Crippen LogP contribution is 2.34. The van der Waals surface area contributed by atoms with Gasteiger partial charge in [0.2, 0.25) is 0 Å². The average Bonchev–Trinajstić information content (AvgIpc) is 2.99. The number of rotatable bonds is 16. The maximum Gasteiger partial charge on any atom is 0.161 e. The van der Waals surface area contributed by atoms with Crippen molar-refractivity contribution in [2.75, 3.05) is 13.2 Å². The second-order valence-corrected chi connectivity index (χ2v) is 7.92. The minimum absolute atomic E-state index is 0.199. The first kappa shape index (κ1) is 23.2. The van der Waals surface area contributed by atoms with Crippen LogP contribution in [0.3, 0.4) is 0 Å². The minimum atomic E-state index is 0.199. The van der Waals surface area contributed by atoms with E-state index in [0.29, 0.717) is 24.8 Å². The van der Waals surface area contributed by atoms with Crippen LogP contribution in [-0.4, -0.2) is 24.9 Å². The molecule has 1 heterocycles. The Bertz CT molecular complexity index is 670. The van der Waals surface area contributed by atoms with Crippen molar-refractivity contribution in [3.05, 3.63) is 23.3 Å². The highest BCUT2D eigenvalue weighted by molar-refractivity contribution is 6.21. The van der Waals surface area contributed by atoms with Crippen LogP contribution in [0.25, 0.3) is 0 Å². The topological polar surface area (TPSA) is 80.7 Å². The normalized spacial score (nSPS) is 12.8. The van der Waals surface area contributed by atoms with E-state index in [9.17, 15) is 0 Å². The Morgan fingerprint density at radius 1 is 0.724 bits per heavy atom. The predicted octanol–water partition coefficient (Wildman–Crippen LogP) is 6.21. The molecule has 0 aliphatic carbocycles. The van der Waals surface area contributed by atoms with Crippen molar-refractivity contribution in [2.24, 2.45) is 10.7 Å². The molecule has 0 unspecified atom stereocenters. The minimum Gasteiger partial charge on any atom is -0.490 e. The number of nitrogens with two attached hydrogens (primary N) is 1. The lowest BCUT2D eigenvalue weighted by Crippen LogP contribution is -2.11. The summed E-state index contributed by atoms with van der Waals surface area (Å²) >= 11 is 0. The van der Waals surface area contributed by atoms with E-state index < -0.39 is 0 Å². The molecular weight excluding hydrogens is 362 g/mol. The molecule has 0 saturated heterocycles. The average molecular weight is 402 g/mol. The largest absolute Gasteiger partial charge is 0.490 e. The molecule has 1 aromatic rings. The zero-order chi connectivity index (χ0) is 20.9. The van der Waals surface area contributed by atoms with Gasteiger partial charge in [0.05, 0.1) is 13.2 Å². The number of nitrogens with one attached hydrogen (secondary N) is 1. The van der Waals surface area contributed by atoms with Crippen LogP contribution in [0, 0.1) is 5.41 Å². The molecule has 2 rings (SSSR count). The molecule has 0 amide bonds. The van der Waals surface area contributed by atoms with Gasteiger partial charge in [-0.25, -0.2) is 4.99 Å². The third kappa shape index (κ3) is 7.71. The van der Waals surface area contributed by atoms with E-state index >= 15 is 0 Å². The molecular formula is C24H39N3O2. The van der Waals surface area contributed by atoms with E-state index in [0.717, 1.165) is 29.7 Å². The van der Waals surface area contributed by atoms with Crippen molar-refractivity contribution in [1.82, 2.24) is 0 Å². The molecule has 5 heteroatoms. The fourth-order valence-corrected chi connectivity index (χ4v) is 3.56. The highest BCUT2D eigenvalue weighted by Gasteiger charge is 2.22. The Kier molecular flexibility index (Phi) is 10.6. The van der Waals surface area contributed by atoms with E-state index in [1.165, 1.54) is 64.2 Å². The first-order valence-electron chi connectivity index (χ1n) is 11.5. The SMILES string of the molecule is CCCCCCCCOc1cc2c(cc1OCCCCCCCC)C(N)=NC2=N. The number of benzene rings is 1. The van der Waals surface area contributed by atoms with Gasteiger partial charge in [0.15, 0.2) is 17.3 Å². The molecule has 29 heavy (non-hydrogen) atoms. The lowest BCUT2D eigenvalue weighted by atomic mass is 10.1. The lowest BCUT2D eigenvalue weighted by molar-refractivity contribution is 0.258. The first-order valence-corrected chi connectivity index (χ1v) is 11.5. The smallest absolute Gasteiger partial charge is 0.161 e. The van der Waals surface area contributed by atoms with Gasteiger partial charge < -0.3 is 15.2 Å². The fourth-order valence-electron chi connectivity index (χ4n) is 3.56. The zero-order valence-corrected chi connectivity index (χ0v) is 18.4. The van der Waals surface area contributed by atoms with Gasteiger partial charge >= 0.3 is 0 Å². The van der Waals surface area contributed by atoms with Crippen molar-refractivity contribution in [3.63, 3.8) is 0 Å². The summed E-state index contributed by atoms with van der Waals surface area (Å²) in [6.07, 6.45) is 14.7. The van der Waals surface area contributed by atoms with E-state index in [1.807, 2.05) is 12.1 Å². The van der Waals surface area contributed by atoms with Gasteiger partial charge in [0.25, 0.3) is 0 Å². The number of unbranched alkanes of at least 4 members (excludes halogenated alkanes) is 10. The van der Waals surface area contributed by atoms with Crippen molar-refractivity contribution < 1.29 is 9.47 Å². The Hall–Kier alpha value is -2.04. The third-order valence-electron chi connectivity index (χ3n) is 5.36. The molecule has 1 aromatic carbocycles. The molecule has 0 atom stereocenters. The van der Waals surface area contributed by atoms with Gasteiger partial charge in [0.1, 0.15) is 5.84 Å². The van der Waals surface area contributed by atoms with Gasteiger partial charge in [-0.1, -0.05) is 78.1 Å². The second-order valence-electron chi connectivity index (χ2n) is 7.92. The fraction of sp³-hybridized carbons (Fsp3) is 0.667. The molecule has 5 nitrogen and oxygen atoms in total. The molecule has 0 fully saturated rings. The summed E-state index contributed by atoms with van der Waals surface area (Å²) < 4.78 is 12.1. The summed E-state index contributed by atoms with van der Waals surface area (Å²) in [5, 5.41) is 8.02. The molecule has 1 aliphatic heterocycles. The van der Waals surface area contributed by atoms with Gasteiger partial charge in [-0.15, -0.1) is 0 Å². The molecule has 1 aliphatic rings. The Balaban J connectivity index is 1.88. The standard InChI is InChI=1S/C24H39N3O2/c1-3-5-7-9-11-13-15-28-21-17-19-20(24(26)27-23(19)25)18-22(21)29-16-14-12-10-8-6-4-2/h17-18H,3-16H2,1-2H3,(H3,25,26,27).